The first kappa shape index (κ1) is 15.8. The van der Waals surface area contributed by atoms with Crippen LogP contribution in [0.15, 0.2) is 46.8 Å². The normalized spacial score (nSPS) is 16.9. The maximum absolute atomic E-state index is 5.54. The molecule has 136 valence electrons. The summed E-state index contributed by atoms with van der Waals surface area (Å²) in [5, 5.41) is 1.05. The average Bonchev–Trinajstić information content (AvgIpc) is 3.39. The van der Waals surface area contributed by atoms with E-state index in [4.69, 9.17) is 19.2 Å². The maximum Gasteiger partial charge on any atom is 0.231 e. The van der Waals surface area contributed by atoms with Crippen molar-refractivity contribution in [3.8, 4) is 11.5 Å². The van der Waals surface area contributed by atoms with Crippen LogP contribution in [0.1, 0.15) is 22.6 Å². The highest BCUT2D eigenvalue weighted by molar-refractivity contribution is 6.13. The number of benzene rings is 1. The number of H-pyrrole nitrogens is 2. The second kappa shape index (κ2) is 5.81. The molecule has 2 aromatic heterocycles. The molecule has 27 heavy (non-hydrogen) atoms. The van der Waals surface area contributed by atoms with Gasteiger partial charge in [-0.15, -0.1) is 0 Å². The monoisotopic (exact) mass is 361 g/mol. The molecule has 2 N–H and O–H groups in total. The van der Waals surface area contributed by atoms with Crippen LogP contribution in [-0.2, 0) is 4.74 Å². The summed E-state index contributed by atoms with van der Waals surface area (Å²) in [6.45, 7) is 4.39. The number of methoxy groups -OCH3 is 1. The molecule has 0 saturated carbocycles. The molecule has 0 spiro atoms. The molecule has 2 aliphatic rings. The standard InChI is InChI=1S/C21H19N3O3/c1-11-4-12(2)22-14(11)7-18-19(25-3)9-17(24-18)16-5-13-6-20-21(27-10-26-20)8-15(13)23-16/h4-9,22-23H,10H2,1-3H3. The van der Waals surface area contributed by atoms with E-state index in [9.17, 15) is 0 Å². The first-order chi connectivity index (χ1) is 13.1. The van der Waals surface area contributed by atoms with Gasteiger partial charge in [-0.2, -0.15) is 0 Å². The Hall–Kier alpha value is -3.41. The van der Waals surface area contributed by atoms with Crippen molar-refractivity contribution in [2.24, 2.45) is 4.99 Å². The van der Waals surface area contributed by atoms with E-state index in [0.29, 0.717) is 0 Å². The summed E-state index contributed by atoms with van der Waals surface area (Å²) in [5.41, 5.74) is 6.88. The van der Waals surface area contributed by atoms with Gasteiger partial charge in [0.1, 0.15) is 11.5 Å². The molecule has 5 rings (SSSR count). The van der Waals surface area contributed by atoms with Crippen molar-refractivity contribution < 1.29 is 14.2 Å². The van der Waals surface area contributed by atoms with Crippen LogP contribution in [0.4, 0.5) is 0 Å². The summed E-state index contributed by atoms with van der Waals surface area (Å²) in [6, 6.07) is 8.12. The lowest BCUT2D eigenvalue weighted by Crippen LogP contribution is -1.94. The predicted octanol–water partition coefficient (Wildman–Crippen LogP) is 4.22. The SMILES string of the molecule is COC1=CC(c2cc3cc4c(cc3[nH]2)OCO4)=NC1=Cc1[nH]c(C)cc1C. The number of aromatic nitrogens is 2. The molecule has 3 aromatic rings. The van der Waals surface area contributed by atoms with E-state index in [-0.39, 0.29) is 6.79 Å². The van der Waals surface area contributed by atoms with E-state index in [0.717, 1.165) is 56.7 Å². The number of nitrogens with zero attached hydrogens (tertiary/aromatic N) is 1. The fourth-order valence-electron chi connectivity index (χ4n) is 3.52. The van der Waals surface area contributed by atoms with Crippen LogP contribution in [0, 0.1) is 13.8 Å². The van der Waals surface area contributed by atoms with Crippen LogP contribution in [0.25, 0.3) is 17.0 Å². The van der Waals surface area contributed by atoms with Gasteiger partial charge in [-0.1, -0.05) is 0 Å². The summed E-state index contributed by atoms with van der Waals surface area (Å²) < 4.78 is 16.5. The summed E-state index contributed by atoms with van der Waals surface area (Å²) in [6.07, 6.45) is 3.96. The third kappa shape index (κ3) is 2.61. The topological polar surface area (TPSA) is 71.6 Å². The van der Waals surface area contributed by atoms with E-state index >= 15 is 0 Å². The molecule has 6 heteroatoms. The van der Waals surface area contributed by atoms with Crippen LogP contribution in [0.3, 0.4) is 0 Å². The molecular formula is C21H19N3O3. The number of nitrogens with one attached hydrogen (secondary N) is 2. The zero-order valence-corrected chi connectivity index (χ0v) is 15.3. The van der Waals surface area contributed by atoms with Gasteiger partial charge in [-0.25, -0.2) is 4.99 Å². The Morgan fingerprint density at radius 3 is 2.63 bits per heavy atom. The molecule has 0 fully saturated rings. The highest BCUT2D eigenvalue weighted by Crippen LogP contribution is 2.36. The Balaban J connectivity index is 1.56. The lowest BCUT2D eigenvalue weighted by Gasteiger charge is -2.01. The van der Waals surface area contributed by atoms with E-state index in [2.05, 4.69) is 29.0 Å². The van der Waals surface area contributed by atoms with Crippen molar-refractivity contribution >= 4 is 22.7 Å². The lowest BCUT2D eigenvalue weighted by atomic mass is 10.2. The van der Waals surface area contributed by atoms with Gasteiger partial charge >= 0.3 is 0 Å². The number of fused-ring (bicyclic) bond motifs is 2. The van der Waals surface area contributed by atoms with E-state index in [1.807, 2.05) is 31.2 Å². The van der Waals surface area contributed by atoms with Crippen molar-refractivity contribution in [2.75, 3.05) is 13.9 Å². The molecule has 0 bridgehead atoms. The van der Waals surface area contributed by atoms with Crippen molar-refractivity contribution in [3.63, 3.8) is 0 Å². The molecule has 0 radical (unpaired) electrons. The van der Waals surface area contributed by atoms with Gasteiger partial charge in [0, 0.05) is 34.4 Å². The maximum atomic E-state index is 5.54. The molecule has 6 nitrogen and oxygen atoms in total. The number of aromatic amines is 2. The van der Waals surface area contributed by atoms with E-state index < -0.39 is 0 Å². The summed E-state index contributed by atoms with van der Waals surface area (Å²) in [4.78, 5) is 11.5. The van der Waals surface area contributed by atoms with Crippen molar-refractivity contribution in [3.05, 3.63) is 64.4 Å². The fourth-order valence-corrected chi connectivity index (χ4v) is 3.52. The van der Waals surface area contributed by atoms with Gasteiger partial charge in [-0.3, -0.25) is 0 Å². The van der Waals surface area contributed by atoms with Gasteiger partial charge < -0.3 is 24.2 Å². The zero-order valence-electron chi connectivity index (χ0n) is 15.3. The number of aryl methyl sites for hydroxylation is 2. The van der Waals surface area contributed by atoms with Crippen molar-refractivity contribution in [1.82, 2.24) is 9.97 Å². The third-order valence-corrected chi connectivity index (χ3v) is 4.84. The Morgan fingerprint density at radius 2 is 1.89 bits per heavy atom. The van der Waals surface area contributed by atoms with Gasteiger partial charge in [0.05, 0.1) is 18.5 Å². The predicted molar refractivity (Wildman–Crippen MR) is 104 cm³/mol. The first-order valence-corrected chi connectivity index (χ1v) is 8.76. The van der Waals surface area contributed by atoms with Gasteiger partial charge in [0.2, 0.25) is 6.79 Å². The van der Waals surface area contributed by atoms with E-state index in [1.54, 1.807) is 7.11 Å². The average molecular weight is 361 g/mol. The molecule has 0 saturated heterocycles. The highest BCUT2D eigenvalue weighted by atomic mass is 16.7. The quantitative estimate of drug-likeness (QED) is 0.734. The van der Waals surface area contributed by atoms with Crippen LogP contribution < -0.4 is 9.47 Å². The second-order valence-electron chi connectivity index (χ2n) is 6.76. The number of hydrogen-bond donors (Lipinski definition) is 2. The smallest absolute Gasteiger partial charge is 0.231 e. The number of allylic oxidation sites excluding steroid dienone is 1. The summed E-state index contributed by atoms with van der Waals surface area (Å²) in [7, 11) is 1.66. The molecule has 4 heterocycles. The third-order valence-electron chi connectivity index (χ3n) is 4.84. The molecule has 0 unspecified atom stereocenters. The van der Waals surface area contributed by atoms with E-state index in [1.165, 1.54) is 5.56 Å². The molecular weight excluding hydrogens is 342 g/mol. The van der Waals surface area contributed by atoms with Crippen LogP contribution in [-0.4, -0.2) is 29.6 Å². The molecule has 0 amide bonds. The number of ether oxygens (including phenoxy) is 3. The van der Waals surface area contributed by atoms with Crippen LogP contribution >= 0.6 is 0 Å². The molecule has 1 aromatic carbocycles. The second-order valence-corrected chi connectivity index (χ2v) is 6.76. The van der Waals surface area contributed by atoms with Crippen molar-refractivity contribution in [2.45, 2.75) is 13.8 Å². The Labute approximate surface area is 156 Å². The minimum absolute atomic E-state index is 0.271. The molecule has 2 aliphatic heterocycles. The van der Waals surface area contributed by atoms with Crippen LogP contribution in [0.2, 0.25) is 0 Å². The van der Waals surface area contributed by atoms with Crippen LogP contribution in [0.5, 0.6) is 11.5 Å². The molecule has 0 atom stereocenters. The zero-order chi connectivity index (χ0) is 18.5. The Morgan fingerprint density at radius 1 is 1.07 bits per heavy atom. The Kier molecular flexibility index (Phi) is 3.40. The summed E-state index contributed by atoms with van der Waals surface area (Å²) >= 11 is 0. The largest absolute Gasteiger partial charge is 0.494 e. The number of rotatable bonds is 3. The molecule has 0 aliphatic carbocycles. The van der Waals surface area contributed by atoms with Gasteiger partial charge in [0.25, 0.3) is 0 Å². The van der Waals surface area contributed by atoms with Gasteiger partial charge in [0.15, 0.2) is 11.5 Å². The lowest BCUT2D eigenvalue weighted by molar-refractivity contribution is 0.174. The minimum Gasteiger partial charge on any atom is -0.494 e. The fraction of sp³-hybridized carbons (Fsp3) is 0.190. The Bertz CT molecular complexity index is 1120. The minimum atomic E-state index is 0.271. The number of hydrogen-bond acceptors (Lipinski definition) is 4. The summed E-state index contributed by atoms with van der Waals surface area (Å²) in [5.74, 6) is 2.27. The van der Waals surface area contributed by atoms with Crippen molar-refractivity contribution in [1.29, 1.82) is 0 Å². The highest BCUT2D eigenvalue weighted by Gasteiger charge is 2.20. The van der Waals surface area contributed by atoms with Gasteiger partial charge in [-0.05, 0) is 43.7 Å². The first-order valence-electron chi connectivity index (χ1n) is 8.76. The number of aliphatic imine (C=N–C) groups is 1.